The Labute approximate surface area is 123 Å². The molecule has 0 heterocycles. The molecule has 0 saturated heterocycles. The maximum absolute atomic E-state index is 11.7. The van der Waals surface area contributed by atoms with E-state index >= 15 is 0 Å². The molecule has 0 unspecified atom stereocenters. The van der Waals surface area contributed by atoms with Crippen molar-refractivity contribution in [1.82, 2.24) is 5.32 Å². The zero-order valence-corrected chi connectivity index (χ0v) is 12.3. The molecule has 0 spiro atoms. The number of hydrogen-bond donors (Lipinski definition) is 2. The van der Waals surface area contributed by atoms with Crippen LogP contribution in [0.3, 0.4) is 0 Å². The van der Waals surface area contributed by atoms with Crippen molar-refractivity contribution in [2.45, 2.75) is 4.90 Å². The number of methoxy groups -OCH3 is 1. The molecular formula is C14H17N3O2S. The lowest BCUT2D eigenvalue weighted by Gasteiger charge is -2.05. The van der Waals surface area contributed by atoms with E-state index in [1.54, 1.807) is 18.9 Å². The first-order valence-corrected chi connectivity index (χ1v) is 7.21. The first-order valence-electron chi connectivity index (χ1n) is 5.99. The predicted octanol–water partition coefficient (Wildman–Crippen LogP) is 1.99. The van der Waals surface area contributed by atoms with Crippen LogP contribution in [-0.2, 0) is 9.53 Å². The number of carbonyl (C=O) groups excluding carboxylic acids is 1. The van der Waals surface area contributed by atoms with E-state index < -0.39 is 5.91 Å². The van der Waals surface area contributed by atoms with Crippen LogP contribution >= 0.6 is 11.8 Å². The number of benzene rings is 1. The lowest BCUT2D eigenvalue weighted by molar-refractivity contribution is -0.117. The van der Waals surface area contributed by atoms with E-state index in [4.69, 9.17) is 10.00 Å². The fraction of sp³-hybridized carbons (Fsp3) is 0.286. The standard InChI is InChI=1S/C14H17N3O2S/c1-19-7-6-16-14(18)11(9-15)10-17-12-4-3-5-13(8-12)20-2/h3-5,8,10,17H,6-7H2,1-2H3,(H,16,18)/b11-10-. The third kappa shape index (κ3) is 5.34. The summed E-state index contributed by atoms with van der Waals surface area (Å²) in [6, 6.07) is 9.58. The molecule has 0 aliphatic carbocycles. The van der Waals surface area contributed by atoms with Crippen molar-refractivity contribution < 1.29 is 9.53 Å². The van der Waals surface area contributed by atoms with Crippen LogP contribution in [0.4, 0.5) is 5.69 Å². The molecule has 5 nitrogen and oxygen atoms in total. The molecule has 0 bridgehead atoms. The molecule has 0 radical (unpaired) electrons. The second kappa shape index (κ2) is 9.02. The lowest BCUT2D eigenvalue weighted by Crippen LogP contribution is -2.28. The molecule has 0 saturated carbocycles. The zero-order valence-electron chi connectivity index (χ0n) is 11.5. The van der Waals surface area contributed by atoms with Crippen LogP contribution in [0.25, 0.3) is 0 Å². The van der Waals surface area contributed by atoms with E-state index in [-0.39, 0.29) is 5.57 Å². The van der Waals surface area contributed by atoms with E-state index in [2.05, 4.69) is 10.6 Å². The van der Waals surface area contributed by atoms with Gasteiger partial charge < -0.3 is 15.4 Å². The summed E-state index contributed by atoms with van der Waals surface area (Å²) in [7, 11) is 1.55. The molecule has 1 aromatic carbocycles. The van der Waals surface area contributed by atoms with Gasteiger partial charge in [-0.1, -0.05) is 6.07 Å². The third-order valence-corrected chi connectivity index (χ3v) is 3.14. The Hall–Kier alpha value is -1.97. The van der Waals surface area contributed by atoms with Crippen molar-refractivity contribution in [3.8, 4) is 6.07 Å². The highest BCUT2D eigenvalue weighted by Crippen LogP contribution is 2.19. The average molecular weight is 291 g/mol. The lowest BCUT2D eigenvalue weighted by atomic mass is 10.3. The molecule has 0 aromatic heterocycles. The summed E-state index contributed by atoms with van der Waals surface area (Å²) in [4.78, 5) is 12.8. The van der Waals surface area contributed by atoms with Crippen LogP contribution in [0.2, 0.25) is 0 Å². The topological polar surface area (TPSA) is 74.1 Å². The van der Waals surface area contributed by atoms with Crippen molar-refractivity contribution in [3.63, 3.8) is 0 Å². The van der Waals surface area contributed by atoms with Gasteiger partial charge in [-0.25, -0.2) is 0 Å². The Bertz CT molecular complexity index is 523. The van der Waals surface area contributed by atoms with Gasteiger partial charge in [-0.3, -0.25) is 4.79 Å². The average Bonchev–Trinajstić information content (AvgIpc) is 2.48. The molecule has 6 heteroatoms. The second-order valence-electron chi connectivity index (χ2n) is 3.79. The van der Waals surface area contributed by atoms with Crippen LogP contribution in [0, 0.1) is 11.3 Å². The van der Waals surface area contributed by atoms with Crippen LogP contribution < -0.4 is 10.6 Å². The maximum atomic E-state index is 11.7. The molecule has 0 aliphatic heterocycles. The SMILES string of the molecule is COCCNC(=O)/C(C#N)=C\Nc1cccc(SC)c1. The Morgan fingerprint density at radius 1 is 1.55 bits per heavy atom. The van der Waals surface area contributed by atoms with E-state index in [1.807, 2.05) is 36.6 Å². The molecule has 1 rings (SSSR count). The summed E-state index contributed by atoms with van der Waals surface area (Å²) in [6.07, 6.45) is 3.39. The summed E-state index contributed by atoms with van der Waals surface area (Å²) in [5.41, 5.74) is 0.852. The number of nitriles is 1. The van der Waals surface area contributed by atoms with Gasteiger partial charge in [0, 0.05) is 30.4 Å². The van der Waals surface area contributed by atoms with Crippen molar-refractivity contribution in [3.05, 3.63) is 36.0 Å². The molecule has 106 valence electrons. The van der Waals surface area contributed by atoms with Crippen molar-refractivity contribution in [2.24, 2.45) is 0 Å². The van der Waals surface area contributed by atoms with Gasteiger partial charge in [0.15, 0.2) is 0 Å². The molecule has 1 amide bonds. The Morgan fingerprint density at radius 3 is 3.00 bits per heavy atom. The number of carbonyl (C=O) groups is 1. The number of nitrogens with zero attached hydrogens (tertiary/aromatic N) is 1. The maximum Gasteiger partial charge on any atom is 0.263 e. The molecule has 0 atom stereocenters. The minimum atomic E-state index is -0.418. The molecule has 2 N–H and O–H groups in total. The summed E-state index contributed by atoms with van der Waals surface area (Å²) >= 11 is 1.62. The second-order valence-corrected chi connectivity index (χ2v) is 4.67. The smallest absolute Gasteiger partial charge is 0.263 e. The fourth-order valence-electron chi connectivity index (χ4n) is 1.38. The van der Waals surface area contributed by atoms with Crippen LogP contribution in [0.1, 0.15) is 0 Å². The van der Waals surface area contributed by atoms with Crippen molar-refractivity contribution >= 4 is 23.4 Å². The first-order chi connectivity index (χ1) is 9.71. The highest BCUT2D eigenvalue weighted by Gasteiger charge is 2.07. The van der Waals surface area contributed by atoms with Crippen molar-refractivity contribution in [1.29, 1.82) is 5.26 Å². The Kier molecular flexibility index (Phi) is 7.25. The van der Waals surface area contributed by atoms with Crippen LogP contribution in [0.5, 0.6) is 0 Å². The van der Waals surface area contributed by atoms with Crippen LogP contribution in [0.15, 0.2) is 40.9 Å². The Morgan fingerprint density at radius 2 is 2.35 bits per heavy atom. The van der Waals surface area contributed by atoms with Gasteiger partial charge in [0.25, 0.3) is 5.91 Å². The largest absolute Gasteiger partial charge is 0.383 e. The van der Waals surface area contributed by atoms with E-state index in [9.17, 15) is 4.79 Å². The van der Waals surface area contributed by atoms with Gasteiger partial charge in [-0.15, -0.1) is 11.8 Å². The number of nitrogens with one attached hydrogen (secondary N) is 2. The van der Waals surface area contributed by atoms with Gasteiger partial charge in [0.05, 0.1) is 6.61 Å². The number of anilines is 1. The highest BCUT2D eigenvalue weighted by atomic mass is 32.2. The number of amides is 1. The van der Waals surface area contributed by atoms with Gasteiger partial charge in [-0.2, -0.15) is 5.26 Å². The normalized spacial score (nSPS) is 10.8. The van der Waals surface area contributed by atoms with Crippen molar-refractivity contribution in [2.75, 3.05) is 31.8 Å². The van der Waals surface area contributed by atoms with E-state index in [1.165, 1.54) is 6.20 Å². The summed E-state index contributed by atoms with van der Waals surface area (Å²) in [5.74, 6) is -0.418. The van der Waals surface area contributed by atoms with E-state index in [0.717, 1.165) is 10.6 Å². The van der Waals surface area contributed by atoms with Gasteiger partial charge in [0.1, 0.15) is 11.6 Å². The molecule has 0 aliphatic rings. The Balaban J connectivity index is 2.65. The minimum Gasteiger partial charge on any atom is -0.383 e. The summed E-state index contributed by atoms with van der Waals surface area (Å²) < 4.78 is 4.83. The predicted molar refractivity (Wildman–Crippen MR) is 80.4 cm³/mol. The minimum absolute atomic E-state index is 0.0238. The quantitative estimate of drug-likeness (QED) is 0.348. The molecule has 0 fully saturated rings. The summed E-state index contributed by atoms with van der Waals surface area (Å²) in [6.45, 7) is 0.782. The first kappa shape index (κ1) is 16.1. The summed E-state index contributed by atoms with van der Waals surface area (Å²) in [5, 5.41) is 14.5. The van der Waals surface area contributed by atoms with E-state index in [0.29, 0.717) is 13.2 Å². The fourth-order valence-corrected chi connectivity index (χ4v) is 1.84. The number of hydrogen-bond acceptors (Lipinski definition) is 5. The monoisotopic (exact) mass is 291 g/mol. The van der Waals surface area contributed by atoms with Gasteiger partial charge >= 0.3 is 0 Å². The highest BCUT2D eigenvalue weighted by molar-refractivity contribution is 7.98. The molecule has 20 heavy (non-hydrogen) atoms. The number of thioether (sulfide) groups is 1. The van der Waals surface area contributed by atoms with Crippen LogP contribution in [-0.4, -0.2) is 32.4 Å². The van der Waals surface area contributed by atoms with Gasteiger partial charge in [0.2, 0.25) is 0 Å². The third-order valence-electron chi connectivity index (χ3n) is 2.41. The number of rotatable bonds is 7. The molecular weight excluding hydrogens is 274 g/mol. The molecule has 1 aromatic rings. The zero-order chi connectivity index (χ0) is 14.8. The number of ether oxygens (including phenoxy) is 1. The van der Waals surface area contributed by atoms with Gasteiger partial charge in [-0.05, 0) is 24.5 Å².